The lowest BCUT2D eigenvalue weighted by Crippen LogP contribution is -2.41. The summed E-state index contributed by atoms with van der Waals surface area (Å²) >= 11 is 1.59. The summed E-state index contributed by atoms with van der Waals surface area (Å²) in [7, 11) is 0. The molecule has 1 aliphatic rings. The first-order valence-corrected chi connectivity index (χ1v) is 7.86. The number of rotatable bonds is 4. The maximum Gasteiger partial charge on any atom is 0.230 e. The average Bonchev–Trinajstić information content (AvgIpc) is 2.41. The Bertz CT molecular complexity index is 416. The molecule has 0 aliphatic heterocycles. The van der Waals surface area contributed by atoms with Gasteiger partial charge in [-0.1, -0.05) is 17.7 Å². The van der Waals surface area contributed by atoms with Crippen LogP contribution in [0.5, 0.6) is 0 Å². The van der Waals surface area contributed by atoms with Crippen molar-refractivity contribution in [3.05, 3.63) is 29.8 Å². The molecule has 0 atom stereocenters. The molecular formula is C15H23ClN2OS. The quantitative estimate of drug-likeness (QED) is 0.840. The minimum atomic E-state index is 0. The topological polar surface area (TPSA) is 55.1 Å². The molecule has 3 N–H and O–H groups in total. The van der Waals surface area contributed by atoms with Crippen LogP contribution in [0.1, 0.15) is 31.2 Å². The van der Waals surface area contributed by atoms with E-state index in [4.69, 9.17) is 5.73 Å². The van der Waals surface area contributed by atoms with Gasteiger partial charge >= 0.3 is 0 Å². The van der Waals surface area contributed by atoms with Crippen molar-refractivity contribution in [3.63, 3.8) is 0 Å². The maximum absolute atomic E-state index is 11.9. The third-order valence-electron chi connectivity index (χ3n) is 3.53. The van der Waals surface area contributed by atoms with Gasteiger partial charge in [0.05, 0.1) is 5.75 Å². The summed E-state index contributed by atoms with van der Waals surface area (Å²) in [4.78, 5) is 13.0. The second kappa shape index (κ2) is 8.55. The lowest BCUT2D eigenvalue weighted by molar-refractivity contribution is -0.119. The molecule has 20 heavy (non-hydrogen) atoms. The van der Waals surface area contributed by atoms with Crippen LogP contribution in [0.4, 0.5) is 0 Å². The molecule has 2 rings (SSSR count). The van der Waals surface area contributed by atoms with Gasteiger partial charge in [-0.2, -0.15) is 0 Å². The number of hydrogen-bond donors (Lipinski definition) is 2. The van der Waals surface area contributed by atoms with E-state index in [9.17, 15) is 4.79 Å². The lowest BCUT2D eigenvalue weighted by atomic mass is 9.92. The zero-order valence-electron chi connectivity index (χ0n) is 11.8. The van der Waals surface area contributed by atoms with Crippen LogP contribution in [-0.4, -0.2) is 23.7 Å². The van der Waals surface area contributed by atoms with Crippen molar-refractivity contribution in [2.75, 3.05) is 5.75 Å². The van der Waals surface area contributed by atoms with Crippen molar-refractivity contribution in [2.24, 2.45) is 5.73 Å². The smallest absolute Gasteiger partial charge is 0.230 e. The Kier molecular flexibility index (Phi) is 7.41. The molecule has 1 aromatic rings. The highest BCUT2D eigenvalue weighted by atomic mass is 35.5. The number of halogens is 1. The second-order valence-electron chi connectivity index (χ2n) is 5.28. The fourth-order valence-corrected chi connectivity index (χ4v) is 3.03. The Balaban J connectivity index is 0.00000200. The molecule has 0 radical (unpaired) electrons. The van der Waals surface area contributed by atoms with E-state index in [0.29, 0.717) is 17.8 Å². The fraction of sp³-hybridized carbons (Fsp3) is 0.533. The zero-order valence-corrected chi connectivity index (χ0v) is 13.4. The minimum Gasteiger partial charge on any atom is -0.353 e. The van der Waals surface area contributed by atoms with Crippen LogP contribution >= 0.6 is 24.2 Å². The van der Waals surface area contributed by atoms with E-state index in [1.807, 2.05) is 0 Å². The van der Waals surface area contributed by atoms with Gasteiger partial charge in [-0.3, -0.25) is 4.79 Å². The van der Waals surface area contributed by atoms with Crippen LogP contribution < -0.4 is 11.1 Å². The summed E-state index contributed by atoms with van der Waals surface area (Å²) in [5.74, 6) is 0.622. The first-order chi connectivity index (χ1) is 9.13. The van der Waals surface area contributed by atoms with E-state index in [2.05, 4.69) is 36.5 Å². The number of amides is 1. The number of aryl methyl sites for hydroxylation is 1. The highest BCUT2D eigenvalue weighted by Gasteiger charge is 2.19. The van der Waals surface area contributed by atoms with Crippen LogP contribution in [0.2, 0.25) is 0 Å². The Morgan fingerprint density at radius 1 is 1.25 bits per heavy atom. The predicted molar refractivity (Wildman–Crippen MR) is 87.5 cm³/mol. The second-order valence-corrected chi connectivity index (χ2v) is 6.33. The molecule has 0 aromatic heterocycles. The van der Waals surface area contributed by atoms with E-state index in [1.165, 1.54) is 5.56 Å². The molecule has 0 spiro atoms. The van der Waals surface area contributed by atoms with Gasteiger partial charge in [0.2, 0.25) is 5.91 Å². The van der Waals surface area contributed by atoms with Crippen LogP contribution in [0, 0.1) is 6.92 Å². The lowest BCUT2D eigenvalue weighted by Gasteiger charge is -2.26. The third kappa shape index (κ3) is 5.73. The highest BCUT2D eigenvalue weighted by Crippen LogP contribution is 2.19. The number of benzene rings is 1. The standard InChI is InChI=1S/C15H22N2OS.ClH/c1-11-2-8-14(9-3-11)19-10-15(18)17-13-6-4-12(16)5-7-13;/h2-3,8-9,12-13H,4-7,10,16H2,1H3,(H,17,18);1H. The van der Waals surface area contributed by atoms with Gasteiger partial charge in [0.25, 0.3) is 0 Å². The van der Waals surface area contributed by atoms with Crippen molar-refractivity contribution in [1.29, 1.82) is 0 Å². The molecule has 1 saturated carbocycles. The molecular weight excluding hydrogens is 292 g/mol. The number of hydrogen-bond acceptors (Lipinski definition) is 3. The van der Waals surface area contributed by atoms with E-state index in [0.717, 1.165) is 30.6 Å². The fourth-order valence-electron chi connectivity index (χ4n) is 2.32. The third-order valence-corrected chi connectivity index (χ3v) is 4.54. The van der Waals surface area contributed by atoms with Crippen LogP contribution in [-0.2, 0) is 4.79 Å². The van der Waals surface area contributed by atoms with E-state index in [1.54, 1.807) is 11.8 Å². The van der Waals surface area contributed by atoms with Gasteiger partial charge in [0.1, 0.15) is 0 Å². The summed E-state index contributed by atoms with van der Waals surface area (Å²) in [6.07, 6.45) is 4.08. The normalized spacial score (nSPS) is 21.9. The predicted octanol–water partition coefficient (Wildman–Crippen LogP) is 2.90. The van der Waals surface area contributed by atoms with Gasteiger partial charge < -0.3 is 11.1 Å². The number of nitrogens with two attached hydrogens (primary N) is 1. The molecule has 0 saturated heterocycles. The van der Waals surface area contributed by atoms with Crippen LogP contribution in [0.15, 0.2) is 29.2 Å². The highest BCUT2D eigenvalue weighted by molar-refractivity contribution is 8.00. The minimum absolute atomic E-state index is 0. The van der Waals surface area contributed by atoms with Gasteiger partial charge in [0, 0.05) is 17.0 Å². The maximum atomic E-state index is 11.9. The van der Waals surface area contributed by atoms with Crippen LogP contribution in [0.25, 0.3) is 0 Å². The van der Waals surface area contributed by atoms with Crippen molar-refractivity contribution < 1.29 is 4.79 Å². The number of carbonyl (C=O) groups excluding carboxylic acids is 1. The summed E-state index contributed by atoms with van der Waals surface area (Å²) in [5.41, 5.74) is 7.10. The first kappa shape index (κ1) is 17.3. The van der Waals surface area contributed by atoms with E-state index < -0.39 is 0 Å². The molecule has 3 nitrogen and oxygen atoms in total. The number of nitrogens with one attached hydrogen (secondary N) is 1. The van der Waals surface area contributed by atoms with Crippen LogP contribution in [0.3, 0.4) is 0 Å². The molecule has 1 fully saturated rings. The molecule has 0 unspecified atom stereocenters. The molecule has 0 bridgehead atoms. The Morgan fingerprint density at radius 2 is 1.85 bits per heavy atom. The summed E-state index contributed by atoms with van der Waals surface area (Å²) in [6, 6.07) is 8.92. The summed E-state index contributed by atoms with van der Waals surface area (Å²) in [5, 5.41) is 3.11. The average molecular weight is 315 g/mol. The molecule has 1 amide bonds. The zero-order chi connectivity index (χ0) is 13.7. The van der Waals surface area contributed by atoms with Crippen molar-refractivity contribution >= 4 is 30.1 Å². The van der Waals surface area contributed by atoms with Crippen molar-refractivity contribution in [3.8, 4) is 0 Å². The molecule has 112 valence electrons. The summed E-state index contributed by atoms with van der Waals surface area (Å²) < 4.78 is 0. The Hall–Kier alpha value is -0.710. The van der Waals surface area contributed by atoms with Gasteiger partial charge in [-0.25, -0.2) is 0 Å². The van der Waals surface area contributed by atoms with Gasteiger partial charge in [0.15, 0.2) is 0 Å². The number of carbonyl (C=O) groups is 1. The van der Waals surface area contributed by atoms with Gasteiger partial charge in [-0.05, 0) is 44.7 Å². The molecule has 0 heterocycles. The monoisotopic (exact) mass is 314 g/mol. The number of thioether (sulfide) groups is 1. The summed E-state index contributed by atoms with van der Waals surface area (Å²) in [6.45, 7) is 2.06. The first-order valence-electron chi connectivity index (χ1n) is 6.88. The Labute approximate surface area is 131 Å². The Morgan fingerprint density at radius 3 is 2.45 bits per heavy atom. The van der Waals surface area contributed by atoms with Crippen molar-refractivity contribution in [1.82, 2.24) is 5.32 Å². The molecule has 1 aromatic carbocycles. The SMILES string of the molecule is Cc1ccc(SCC(=O)NC2CCC(N)CC2)cc1.Cl. The molecule has 1 aliphatic carbocycles. The van der Waals surface area contributed by atoms with E-state index >= 15 is 0 Å². The van der Waals surface area contributed by atoms with Crippen molar-refractivity contribution in [2.45, 2.75) is 49.6 Å². The van der Waals surface area contributed by atoms with E-state index in [-0.39, 0.29) is 18.3 Å². The van der Waals surface area contributed by atoms with Gasteiger partial charge in [-0.15, -0.1) is 24.2 Å². The largest absolute Gasteiger partial charge is 0.353 e. The molecule has 5 heteroatoms.